The van der Waals surface area contributed by atoms with E-state index in [1.807, 2.05) is 56.3 Å². The van der Waals surface area contributed by atoms with Gasteiger partial charge in [-0.3, -0.25) is 9.89 Å². The van der Waals surface area contributed by atoms with Gasteiger partial charge in [0.25, 0.3) is 0 Å². The number of amidine groups is 1. The second-order valence-corrected chi connectivity index (χ2v) is 5.88. The summed E-state index contributed by atoms with van der Waals surface area (Å²) in [4.78, 5) is 19.1. The highest BCUT2D eigenvalue weighted by atomic mass is 16.2. The van der Waals surface area contributed by atoms with Crippen molar-refractivity contribution < 1.29 is 4.79 Å². The molecule has 0 spiro atoms. The second-order valence-electron chi connectivity index (χ2n) is 5.88. The van der Waals surface area contributed by atoms with Gasteiger partial charge in [-0.15, -0.1) is 0 Å². The van der Waals surface area contributed by atoms with Crippen molar-refractivity contribution in [3.05, 3.63) is 59.7 Å². The minimum Gasteiger partial charge on any atom is -0.307 e. The maximum atomic E-state index is 12.9. The van der Waals surface area contributed by atoms with Crippen LogP contribution in [0.2, 0.25) is 0 Å². The molecule has 0 bridgehead atoms. The first-order chi connectivity index (χ1) is 11.1. The average molecular weight is 307 g/mol. The molecule has 0 fully saturated rings. The maximum Gasteiger partial charge on any atom is 0.331 e. The minimum atomic E-state index is -0.165. The van der Waals surface area contributed by atoms with Crippen molar-refractivity contribution in [2.75, 3.05) is 16.8 Å². The molecule has 2 amide bonds. The molecule has 0 aromatic heterocycles. The van der Waals surface area contributed by atoms with Gasteiger partial charge in [0.1, 0.15) is 5.84 Å². The Morgan fingerprint density at radius 2 is 1.78 bits per heavy atom. The first-order valence-corrected chi connectivity index (χ1v) is 7.91. The summed E-state index contributed by atoms with van der Waals surface area (Å²) in [6.45, 7) is 4.87. The molecule has 4 heteroatoms. The number of carbonyl (C=O) groups is 1. The van der Waals surface area contributed by atoms with Gasteiger partial charge in [-0.25, -0.2) is 4.79 Å². The predicted molar refractivity (Wildman–Crippen MR) is 95.4 cm³/mol. The lowest BCUT2D eigenvalue weighted by Gasteiger charge is -2.24. The molecule has 23 heavy (non-hydrogen) atoms. The zero-order valence-electron chi connectivity index (χ0n) is 13.5. The quantitative estimate of drug-likeness (QED) is 0.870. The van der Waals surface area contributed by atoms with Gasteiger partial charge in [0.2, 0.25) is 0 Å². The fourth-order valence-electron chi connectivity index (χ4n) is 2.87. The zero-order chi connectivity index (χ0) is 16.2. The Labute approximate surface area is 136 Å². The summed E-state index contributed by atoms with van der Waals surface area (Å²) in [7, 11) is 0. The van der Waals surface area contributed by atoms with Crippen molar-refractivity contribution in [2.24, 2.45) is 4.99 Å². The van der Waals surface area contributed by atoms with Crippen LogP contribution in [0.1, 0.15) is 24.0 Å². The van der Waals surface area contributed by atoms with Crippen molar-refractivity contribution >= 4 is 23.2 Å². The Hall–Kier alpha value is -2.62. The molecule has 4 nitrogen and oxygen atoms in total. The summed E-state index contributed by atoms with van der Waals surface area (Å²) >= 11 is 0. The largest absolute Gasteiger partial charge is 0.331 e. The lowest BCUT2D eigenvalue weighted by atomic mass is 10.1. The summed E-state index contributed by atoms with van der Waals surface area (Å²) in [6, 6.07) is 15.5. The van der Waals surface area contributed by atoms with Crippen LogP contribution < -0.4 is 10.2 Å². The SMILES string of the molecule is Cc1cc(C)cc(N(C(=O)Nc2ccccc2)C2=NCCC2)c1. The molecule has 0 aliphatic carbocycles. The zero-order valence-corrected chi connectivity index (χ0v) is 13.5. The minimum absolute atomic E-state index is 0.165. The summed E-state index contributed by atoms with van der Waals surface area (Å²) in [5.74, 6) is 0.837. The maximum absolute atomic E-state index is 12.9. The van der Waals surface area contributed by atoms with Crippen molar-refractivity contribution in [1.29, 1.82) is 0 Å². The van der Waals surface area contributed by atoms with E-state index in [0.29, 0.717) is 0 Å². The van der Waals surface area contributed by atoms with Crippen LogP contribution >= 0.6 is 0 Å². The van der Waals surface area contributed by atoms with Crippen molar-refractivity contribution in [1.82, 2.24) is 0 Å². The molecule has 0 radical (unpaired) electrons. The standard InChI is InChI=1S/C19H21N3O/c1-14-11-15(2)13-17(12-14)22(18-9-6-10-20-18)19(23)21-16-7-4-3-5-8-16/h3-5,7-8,11-13H,6,9-10H2,1-2H3,(H,21,23). The van der Waals surface area contributed by atoms with Crippen LogP contribution in [0.15, 0.2) is 53.5 Å². The van der Waals surface area contributed by atoms with Crippen molar-refractivity contribution in [2.45, 2.75) is 26.7 Å². The van der Waals surface area contributed by atoms with E-state index in [2.05, 4.69) is 16.4 Å². The molecule has 1 heterocycles. The molecule has 118 valence electrons. The fourth-order valence-corrected chi connectivity index (χ4v) is 2.87. The molecule has 3 rings (SSSR count). The number of amides is 2. The number of rotatable bonds is 2. The molecule has 0 saturated carbocycles. The summed E-state index contributed by atoms with van der Waals surface area (Å²) in [5.41, 5.74) is 3.93. The number of hydrogen-bond acceptors (Lipinski definition) is 2. The van der Waals surface area contributed by atoms with Gasteiger partial charge in [0, 0.05) is 18.7 Å². The van der Waals surface area contributed by atoms with E-state index in [-0.39, 0.29) is 6.03 Å². The normalized spacial score (nSPS) is 13.6. The molecule has 1 N–H and O–H groups in total. The number of carbonyl (C=O) groups excluding carboxylic acids is 1. The monoisotopic (exact) mass is 307 g/mol. The van der Waals surface area contributed by atoms with E-state index < -0.39 is 0 Å². The van der Waals surface area contributed by atoms with E-state index in [0.717, 1.165) is 47.7 Å². The van der Waals surface area contributed by atoms with Crippen LogP contribution in [0.4, 0.5) is 16.2 Å². The van der Waals surface area contributed by atoms with Gasteiger partial charge in [-0.1, -0.05) is 24.3 Å². The number of hydrogen-bond donors (Lipinski definition) is 1. The lowest BCUT2D eigenvalue weighted by molar-refractivity contribution is 0.259. The summed E-state index contributed by atoms with van der Waals surface area (Å²) in [6.07, 6.45) is 1.82. The van der Waals surface area contributed by atoms with Gasteiger partial charge in [-0.2, -0.15) is 0 Å². The third-order valence-corrected chi connectivity index (χ3v) is 3.80. The van der Waals surface area contributed by atoms with Gasteiger partial charge >= 0.3 is 6.03 Å². The third kappa shape index (κ3) is 3.59. The van der Waals surface area contributed by atoms with Crippen LogP contribution in [0.3, 0.4) is 0 Å². The average Bonchev–Trinajstić information content (AvgIpc) is 3.01. The van der Waals surface area contributed by atoms with Crippen LogP contribution in [0, 0.1) is 13.8 Å². The molecule has 2 aromatic carbocycles. The van der Waals surface area contributed by atoms with Gasteiger partial charge < -0.3 is 5.32 Å². The highest BCUT2D eigenvalue weighted by Gasteiger charge is 2.24. The number of para-hydroxylation sites is 1. The number of benzene rings is 2. The number of nitrogens with zero attached hydrogens (tertiary/aromatic N) is 2. The molecular weight excluding hydrogens is 286 g/mol. The fraction of sp³-hybridized carbons (Fsp3) is 0.263. The van der Waals surface area contributed by atoms with Gasteiger partial charge in [-0.05, 0) is 55.7 Å². The Bertz CT molecular complexity index is 717. The topological polar surface area (TPSA) is 44.7 Å². The Morgan fingerprint density at radius 1 is 1.09 bits per heavy atom. The summed E-state index contributed by atoms with van der Waals surface area (Å²) in [5, 5.41) is 2.96. The number of aryl methyl sites for hydroxylation is 2. The number of anilines is 2. The smallest absolute Gasteiger partial charge is 0.307 e. The third-order valence-electron chi connectivity index (χ3n) is 3.80. The van der Waals surface area contributed by atoms with Crippen LogP contribution in [-0.2, 0) is 0 Å². The molecule has 2 aromatic rings. The number of nitrogens with one attached hydrogen (secondary N) is 1. The number of urea groups is 1. The predicted octanol–water partition coefficient (Wildman–Crippen LogP) is 4.53. The van der Waals surface area contributed by atoms with E-state index in [1.54, 1.807) is 4.90 Å². The molecule has 1 aliphatic heterocycles. The van der Waals surface area contributed by atoms with Gasteiger partial charge in [0.15, 0.2) is 0 Å². The van der Waals surface area contributed by atoms with Gasteiger partial charge in [0.05, 0.1) is 5.69 Å². The molecule has 0 atom stereocenters. The van der Waals surface area contributed by atoms with Crippen LogP contribution in [0.25, 0.3) is 0 Å². The van der Waals surface area contributed by atoms with E-state index in [4.69, 9.17) is 0 Å². The molecule has 0 saturated heterocycles. The second kappa shape index (κ2) is 6.65. The molecular formula is C19H21N3O. The van der Waals surface area contributed by atoms with Crippen molar-refractivity contribution in [3.63, 3.8) is 0 Å². The lowest BCUT2D eigenvalue weighted by Crippen LogP contribution is -2.39. The Morgan fingerprint density at radius 3 is 2.39 bits per heavy atom. The van der Waals surface area contributed by atoms with E-state index in [9.17, 15) is 4.79 Å². The number of aliphatic imine (C=N–C) groups is 1. The molecule has 1 aliphatic rings. The Kier molecular flexibility index (Phi) is 4.42. The Balaban J connectivity index is 1.93. The molecule has 0 unspecified atom stereocenters. The van der Waals surface area contributed by atoms with E-state index in [1.165, 1.54) is 0 Å². The highest BCUT2D eigenvalue weighted by molar-refractivity contribution is 6.20. The first-order valence-electron chi connectivity index (χ1n) is 7.91. The van der Waals surface area contributed by atoms with Crippen molar-refractivity contribution in [3.8, 4) is 0 Å². The highest BCUT2D eigenvalue weighted by Crippen LogP contribution is 2.23. The van der Waals surface area contributed by atoms with Crippen LogP contribution in [0.5, 0.6) is 0 Å². The first kappa shape index (κ1) is 15.3. The summed E-state index contributed by atoms with van der Waals surface area (Å²) < 4.78 is 0. The van der Waals surface area contributed by atoms with E-state index >= 15 is 0 Å². The van der Waals surface area contributed by atoms with Crippen LogP contribution in [-0.4, -0.2) is 18.4 Å².